The quantitative estimate of drug-likeness (QED) is 0.384. The van der Waals surface area contributed by atoms with Crippen LogP contribution in [0.3, 0.4) is 0 Å². The first-order chi connectivity index (χ1) is 13.6. The van der Waals surface area contributed by atoms with Crippen molar-refractivity contribution in [1.29, 1.82) is 0 Å². The molecule has 0 aliphatic heterocycles. The van der Waals surface area contributed by atoms with E-state index in [4.69, 9.17) is 0 Å². The number of aryl methyl sites for hydroxylation is 1. The van der Waals surface area contributed by atoms with E-state index >= 15 is 0 Å². The van der Waals surface area contributed by atoms with E-state index in [2.05, 4.69) is 65.2 Å². The van der Waals surface area contributed by atoms with Gasteiger partial charge in [0.15, 0.2) is 0 Å². The second-order valence-corrected chi connectivity index (χ2v) is 7.27. The van der Waals surface area contributed by atoms with Gasteiger partial charge in [-0.05, 0) is 58.3 Å². The molecule has 28 heavy (non-hydrogen) atoms. The van der Waals surface area contributed by atoms with Crippen LogP contribution in [0, 0.1) is 6.92 Å². The molecule has 5 rings (SSSR count). The van der Waals surface area contributed by atoms with Crippen LogP contribution in [0.25, 0.3) is 33.0 Å². The predicted molar refractivity (Wildman–Crippen MR) is 117 cm³/mol. The first kappa shape index (κ1) is 16.6. The molecule has 1 aliphatic rings. The first-order valence-corrected chi connectivity index (χ1v) is 9.42. The Labute approximate surface area is 164 Å². The van der Waals surface area contributed by atoms with Crippen molar-refractivity contribution in [1.82, 2.24) is 0 Å². The molecule has 4 aromatic carbocycles. The van der Waals surface area contributed by atoms with E-state index < -0.39 is 0 Å². The Morgan fingerprint density at radius 3 is 2.21 bits per heavy atom. The topological polar surface area (TPSA) is 41.1 Å². The number of carbonyl (C=O) groups excluding carboxylic acids is 1. The van der Waals surface area contributed by atoms with Gasteiger partial charge in [0.05, 0.1) is 0 Å². The Balaban J connectivity index is 1.61. The molecule has 3 heteroatoms. The highest BCUT2D eigenvalue weighted by Gasteiger charge is 2.21. The molecule has 0 aromatic heterocycles. The van der Waals surface area contributed by atoms with Crippen LogP contribution in [0.5, 0.6) is 0 Å². The second kappa shape index (κ2) is 6.24. The zero-order valence-electron chi connectivity index (χ0n) is 15.8. The molecule has 3 nitrogen and oxygen atoms in total. The lowest BCUT2D eigenvalue weighted by Gasteiger charge is -2.14. The van der Waals surface area contributed by atoms with Gasteiger partial charge in [0.1, 0.15) is 0 Å². The largest absolute Gasteiger partial charge is 0.355 e. The fourth-order valence-corrected chi connectivity index (χ4v) is 4.10. The maximum absolute atomic E-state index is 11.5. The van der Waals surface area contributed by atoms with Crippen molar-refractivity contribution in [2.75, 3.05) is 10.6 Å². The highest BCUT2D eigenvalue weighted by Crippen LogP contribution is 2.48. The van der Waals surface area contributed by atoms with Crippen LogP contribution in [0.4, 0.5) is 17.1 Å². The van der Waals surface area contributed by atoms with Crippen LogP contribution in [-0.4, -0.2) is 5.91 Å². The standard InChI is InChI=1S/C25H20N2O/c1-15-10-11-17(14-24(15)26-16(2)28)27-23-13-12-21-19-7-4-3-6-18(19)20-8-5-9-22(23)25(20)21/h3-14,27H,1-2H3,(H,26,28). The fraction of sp³-hybridized carbons (Fsp3) is 0.0800. The van der Waals surface area contributed by atoms with E-state index in [1.165, 1.54) is 39.9 Å². The number of hydrogen-bond donors (Lipinski definition) is 2. The van der Waals surface area contributed by atoms with Gasteiger partial charge in [-0.2, -0.15) is 0 Å². The van der Waals surface area contributed by atoms with Crippen LogP contribution >= 0.6 is 0 Å². The highest BCUT2D eigenvalue weighted by atomic mass is 16.1. The van der Waals surface area contributed by atoms with E-state index in [0.717, 1.165) is 22.6 Å². The summed E-state index contributed by atoms with van der Waals surface area (Å²) in [5.74, 6) is -0.0663. The van der Waals surface area contributed by atoms with Crippen molar-refractivity contribution in [2.45, 2.75) is 13.8 Å². The van der Waals surface area contributed by atoms with E-state index in [1.54, 1.807) is 0 Å². The Morgan fingerprint density at radius 1 is 0.750 bits per heavy atom. The molecule has 0 heterocycles. The fourth-order valence-electron chi connectivity index (χ4n) is 4.10. The van der Waals surface area contributed by atoms with E-state index in [-0.39, 0.29) is 5.91 Å². The predicted octanol–water partition coefficient (Wildman–Crippen LogP) is 6.50. The van der Waals surface area contributed by atoms with Crippen molar-refractivity contribution in [3.8, 4) is 22.3 Å². The lowest BCUT2D eigenvalue weighted by molar-refractivity contribution is -0.114. The number of fused-ring (bicyclic) bond motifs is 3. The minimum Gasteiger partial charge on any atom is -0.355 e. The van der Waals surface area contributed by atoms with E-state index in [0.29, 0.717) is 0 Å². The van der Waals surface area contributed by atoms with E-state index in [1.807, 2.05) is 25.1 Å². The average molecular weight is 364 g/mol. The van der Waals surface area contributed by atoms with Gasteiger partial charge < -0.3 is 10.6 Å². The monoisotopic (exact) mass is 364 g/mol. The van der Waals surface area contributed by atoms with Gasteiger partial charge in [0.25, 0.3) is 0 Å². The molecular weight excluding hydrogens is 344 g/mol. The molecular formula is C25H20N2O. The van der Waals surface area contributed by atoms with E-state index in [9.17, 15) is 4.79 Å². The van der Waals surface area contributed by atoms with Crippen LogP contribution in [-0.2, 0) is 4.79 Å². The molecule has 0 unspecified atom stereocenters. The molecule has 0 saturated heterocycles. The van der Waals surface area contributed by atoms with Crippen molar-refractivity contribution < 1.29 is 4.79 Å². The molecule has 136 valence electrons. The van der Waals surface area contributed by atoms with Crippen LogP contribution in [0.2, 0.25) is 0 Å². The number of hydrogen-bond acceptors (Lipinski definition) is 2. The molecule has 0 radical (unpaired) electrons. The summed E-state index contributed by atoms with van der Waals surface area (Å²) in [5.41, 5.74) is 9.04. The third-order valence-corrected chi connectivity index (χ3v) is 5.38. The number of anilines is 3. The number of nitrogens with one attached hydrogen (secondary N) is 2. The molecule has 2 N–H and O–H groups in total. The van der Waals surface area contributed by atoms with Gasteiger partial charge in [-0.1, -0.05) is 54.6 Å². The third-order valence-electron chi connectivity index (χ3n) is 5.38. The molecule has 1 amide bonds. The summed E-state index contributed by atoms with van der Waals surface area (Å²) in [7, 11) is 0. The van der Waals surface area contributed by atoms with Gasteiger partial charge in [-0.15, -0.1) is 0 Å². The first-order valence-electron chi connectivity index (χ1n) is 9.42. The number of rotatable bonds is 3. The SMILES string of the molecule is CC(=O)Nc1cc(Nc2ccc3c4c(cccc24)-c2ccccc2-3)ccc1C. The van der Waals surface area contributed by atoms with Crippen LogP contribution < -0.4 is 10.6 Å². The van der Waals surface area contributed by atoms with Gasteiger partial charge in [-0.3, -0.25) is 4.79 Å². The lowest BCUT2D eigenvalue weighted by Crippen LogP contribution is -2.07. The summed E-state index contributed by atoms with van der Waals surface area (Å²) in [4.78, 5) is 11.5. The van der Waals surface area contributed by atoms with Gasteiger partial charge >= 0.3 is 0 Å². The minimum atomic E-state index is -0.0663. The summed E-state index contributed by atoms with van der Waals surface area (Å²) in [5, 5.41) is 8.94. The van der Waals surface area contributed by atoms with Gasteiger partial charge in [-0.25, -0.2) is 0 Å². The maximum Gasteiger partial charge on any atom is 0.221 e. The Hall–Kier alpha value is -3.59. The van der Waals surface area contributed by atoms with Crippen molar-refractivity contribution in [2.24, 2.45) is 0 Å². The Bertz CT molecular complexity index is 1230. The molecule has 0 saturated carbocycles. The number of amides is 1. The van der Waals surface area contributed by atoms with Gasteiger partial charge in [0, 0.05) is 29.4 Å². The summed E-state index contributed by atoms with van der Waals surface area (Å²) in [6, 6.07) is 25.4. The van der Waals surface area contributed by atoms with Crippen molar-refractivity contribution in [3.63, 3.8) is 0 Å². The Morgan fingerprint density at radius 2 is 1.46 bits per heavy atom. The molecule has 1 aliphatic carbocycles. The normalized spacial score (nSPS) is 11.4. The zero-order valence-corrected chi connectivity index (χ0v) is 15.8. The second-order valence-electron chi connectivity index (χ2n) is 7.27. The van der Waals surface area contributed by atoms with Crippen molar-refractivity contribution >= 4 is 33.7 Å². The minimum absolute atomic E-state index is 0.0663. The number of benzene rings is 4. The van der Waals surface area contributed by atoms with Crippen LogP contribution in [0.15, 0.2) is 72.8 Å². The smallest absolute Gasteiger partial charge is 0.221 e. The van der Waals surface area contributed by atoms with Gasteiger partial charge in [0.2, 0.25) is 5.91 Å². The molecule has 0 bridgehead atoms. The zero-order chi connectivity index (χ0) is 19.3. The summed E-state index contributed by atoms with van der Waals surface area (Å²) >= 11 is 0. The molecule has 0 spiro atoms. The summed E-state index contributed by atoms with van der Waals surface area (Å²) in [6.07, 6.45) is 0. The van der Waals surface area contributed by atoms with Crippen LogP contribution in [0.1, 0.15) is 12.5 Å². The third kappa shape index (κ3) is 2.55. The molecule has 0 fully saturated rings. The summed E-state index contributed by atoms with van der Waals surface area (Å²) in [6.45, 7) is 3.52. The summed E-state index contributed by atoms with van der Waals surface area (Å²) < 4.78 is 0. The average Bonchev–Trinajstić information content (AvgIpc) is 3.02. The molecule has 4 aromatic rings. The lowest BCUT2D eigenvalue weighted by atomic mass is 10.0. The number of carbonyl (C=O) groups is 1. The van der Waals surface area contributed by atoms with Crippen molar-refractivity contribution in [3.05, 3.63) is 78.4 Å². The Kier molecular flexibility index (Phi) is 3.69. The highest BCUT2D eigenvalue weighted by molar-refractivity contribution is 6.18. The maximum atomic E-state index is 11.5. The molecule has 0 atom stereocenters.